The van der Waals surface area contributed by atoms with Crippen molar-refractivity contribution in [2.45, 2.75) is 16.3 Å². The van der Waals surface area contributed by atoms with Crippen LogP contribution in [0.3, 0.4) is 0 Å². The number of pyridine rings is 1. The molecule has 0 aliphatic heterocycles. The second kappa shape index (κ2) is 5.48. The van der Waals surface area contributed by atoms with Gasteiger partial charge >= 0.3 is 0 Å². The van der Waals surface area contributed by atoms with E-state index in [0.29, 0.717) is 0 Å². The van der Waals surface area contributed by atoms with Crippen molar-refractivity contribution in [3.05, 3.63) is 29.4 Å². The van der Waals surface area contributed by atoms with Gasteiger partial charge in [0.1, 0.15) is 5.01 Å². The number of hydrogen-bond donors (Lipinski definition) is 0. The molecule has 0 aliphatic rings. The van der Waals surface area contributed by atoms with E-state index in [1.54, 1.807) is 34.9 Å². The van der Waals surface area contributed by atoms with Crippen LogP contribution in [0.1, 0.15) is 5.01 Å². The zero-order valence-corrected chi connectivity index (χ0v) is 10.5. The molecule has 0 aliphatic carbocycles. The van der Waals surface area contributed by atoms with Crippen LogP contribution in [0.4, 0.5) is 0 Å². The first kappa shape index (κ1) is 10.9. The molecule has 15 heavy (non-hydrogen) atoms. The molecule has 0 bridgehead atoms. The highest BCUT2D eigenvalue weighted by Gasteiger charge is 2.01. The summed E-state index contributed by atoms with van der Waals surface area (Å²) in [5.41, 5.74) is 0. The third-order valence-electron chi connectivity index (χ3n) is 1.53. The molecule has 0 aromatic carbocycles. The first-order chi connectivity index (χ1) is 7.34. The minimum Gasteiger partial charge on any atom is -0.250 e. The third-order valence-corrected chi connectivity index (χ3v) is 4.58. The molecule has 0 unspecified atom stereocenters. The Kier molecular flexibility index (Phi) is 3.99. The Balaban J connectivity index is 1.80. The number of rotatable bonds is 4. The first-order valence-corrected chi connectivity index (χ1v) is 7.10. The standard InChI is InChI=1S/C9H9N3S3/c1-7-11-12-9(15-7)14-6-13-8-4-2-3-5-10-8/h2-5H,6H2,1H3. The molecule has 0 amide bonds. The van der Waals surface area contributed by atoms with Crippen molar-refractivity contribution in [1.82, 2.24) is 15.2 Å². The van der Waals surface area contributed by atoms with E-state index in [-0.39, 0.29) is 0 Å². The summed E-state index contributed by atoms with van der Waals surface area (Å²) in [6.45, 7) is 1.97. The van der Waals surface area contributed by atoms with E-state index in [1.165, 1.54) is 0 Å². The van der Waals surface area contributed by atoms with Crippen LogP contribution in [-0.2, 0) is 0 Å². The van der Waals surface area contributed by atoms with Gasteiger partial charge in [-0.25, -0.2) is 4.98 Å². The zero-order chi connectivity index (χ0) is 10.5. The van der Waals surface area contributed by atoms with Gasteiger partial charge in [0.2, 0.25) is 0 Å². The van der Waals surface area contributed by atoms with Crippen LogP contribution in [0.25, 0.3) is 0 Å². The lowest BCUT2D eigenvalue weighted by atomic mass is 10.5. The van der Waals surface area contributed by atoms with Gasteiger partial charge in [-0.15, -0.1) is 10.2 Å². The first-order valence-electron chi connectivity index (χ1n) is 4.31. The number of aromatic nitrogens is 3. The van der Waals surface area contributed by atoms with Gasteiger partial charge < -0.3 is 0 Å². The van der Waals surface area contributed by atoms with Crippen LogP contribution < -0.4 is 0 Å². The van der Waals surface area contributed by atoms with Gasteiger partial charge in [0.05, 0.1) is 10.1 Å². The highest BCUT2D eigenvalue weighted by Crippen LogP contribution is 2.28. The molecule has 0 N–H and O–H groups in total. The molecule has 0 fully saturated rings. The maximum Gasteiger partial charge on any atom is 0.175 e. The van der Waals surface area contributed by atoms with Crippen molar-refractivity contribution in [1.29, 1.82) is 0 Å². The lowest BCUT2D eigenvalue weighted by Gasteiger charge is -1.96. The Morgan fingerprint density at radius 3 is 2.87 bits per heavy atom. The summed E-state index contributed by atoms with van der Waals surface area (Å²) in [5, 5.41) is 11.0. The fraction of sp³-hybridized carbons (Fsp3) is 0.222. The highest BCUT2D eigenvalue weighted by atomic mass is 32.2. The smallest absolute Gasteiger partial charge is 0.175 e. The van der Waals surface area contributed by atoms with Crippen molar-refractivity contribution >= 4 is 34.9 Å². The molecule has 0 radical (unpaired) electrons. The Morgan fingerprint density at radius 1 is 1.27 bits per heavy atom. The Hall–Kier alpha value is -0.590. The van der Waals surface area contributed by atoms with E-state index < -0.39 is 0 Å². The maximum absolute atomic E-state index is 4.23. The molecule has 2 heterocycles. The van der Waals surface area contributed by atoms with E-state index in [0.717, 1.165) is 19.5 Å². The van der Waals surface area contributed by atoms with E-state index in [9.17, 15) is 0 Å². The lowest BCUT2D eigenvalue weighted by molar-refractivity contribution is 0.985. The number of aryl methyl sites for hydroxylation is 1. The van der Waals surface area contributed by atoms with Crippen molar-refractivity contribution in [3.63, 3.8) is 0 Å². The van der Waals surface area contributed by atoms with Crippen molar-refractivity contribution < 1.29 is 0 Å². The molecule has 2 aromatic heterocycles. The van der Waals surface area contributed by atoms with Crippen molar-refractivity contribution in [2.24, 2.45) is 0 Å². The lowest BCUT2D eigenvalue weighted by Crippen LogP contribution is -1.78. The average Bonchev–Trinajstić information content (AvgIpc) is 2.66. The number of nitrogens with zero attached hydrogens (tertiary/aromatic N) is 3. The molecule has 0 saturated heterocycles. The number of hydrogen-bond acceptors (Lipinski definition) is 6. The Labute approximate surface area is 101 Å². The minimum atomic E-state index is 0.922. The van der Waals surface area contributed by atoms with Gasteiger partial charge in [0.25, 0.3) is 0 Å². The normalized spacial score (nSPS) is 10.5. The topological polar surface area (TPSA) is 38.7 Å². The third kappa shape index (κ3) is 3.48. The molecule has 3 nitrogen and oxygen atoms in total. The Bertz CT molecular complexity index is 416. The monoisotopic (exact) mass is 255 g/mol. The van der Waals surface area contributed by atoms with Gasteiger partial charge in [-0.3, -0.25) is 0 Å². The van der Waals surface area contributed by atoms with Gasteiger partial charge in [-0.1, -0.05) is 40.9 Å². The fourth-order valence-electron chi connectivity index (χ4n) is 0.909. The van der Waals surface area contributed by atoms with Gasteiger partial charge in [-0.05, 0) is 19.1 Å². The maximum atomic E-state index is 4.23. The second-order valence-electron chi connectivity index (χ2n) is 2.66. The summed E-state index contributed by atoms with van der Waals surface area (Å²) in [4.78, 5) is 4.23. The molecule has 0 spiro atoms. The summed E-state index contributed by atoms with van der Waals surface area (Å²) < 4.78 is 1.02. The molecule has 6 heteroatoms. The molecule has 0 atom stereocenters. The largest absolute Gasteiger partial charge is 0.250 e. The van der Waals surface area contributed by atoms with Crippen molar-refractivity contribution in [3.8, 4) is 0 Å². The van der Waals surface area contributed by atoms with Gasteiger partial charge in [-0.2, -0.15) is 0 Å². The van der Waals surface area contributed by atoms with Gasteiger partial charge in [0.15, 0.2) is 4.34 Å². The predicted molar refractivity (Wildman–Crippen MR) is 65.5 cm³/mol. The van der Waals surface area contributed by atoms with Crippen LogP contribution in [0.15, 0.2) is 33.8 Å². The molecule has 2 rings (SSSR count). The predicted octanol–water partition coefficient (Wildman–Crippen LogP) is 3.08. The van der Waals surface area contributed by atoms with E-state index in [1.807, 2.05) is 31.3 Å². The fourth-order valence-corrected chi connectivity index (χ4v) is 3.89. The van der Waals surface area contributed by atoms with Crippen LogP contribution in [0.2, 0.25) is 0 Å². The Morgan fingerprint density at radius 2 is 2.20 bits per heavy atom. The molecule has 2 aromatic rings. The van der Waals surface area contributed by atoms with E-state index >= 15 is 0 Å². The molecule has 0 saturated carbocycles. The summed E-state index contributed by atoms with van der Waals surface area (Å²) in [6.07, 6.45) is 1.81. The second-order valence-corrected chi connectivity index (χ2v) is 6.43. The van der Waals surface area contributed by atoms with Crippen LogP contribution >= 0.6 is 34.9 Å². The summed E-state index contributed by atoms with van der Waals surface area (Å²) in [6, 6.07) is 5.93. The van der Waals surface area contributed by atoms with E-state index in [2.05, 4.69) is 15.2 Å². The van der Waals surface area contributed by atoms with Crippen LogP contribution in [0.5, 0.6) is 0 Å². The summed E-state index contributed by atoms with van der Waals surface area (Å²) in [7, 11) is 0. The zero-order valence-electron chi connectivity index (χ0n) is 8.08. The van der Waals surface area contributed by atoms with E-state index in [4.69, 9.17) is 0 Å². The minimum absolute atomic E-state index is 0.922. The quantitative estimate of drug-likeness (QED) is 0.620. The average molecular weight is 255 g/mol. The SMILES string of the molecule is Cc1nnc(SCSc2ccccn2)s1. The molecular weight excluding hydrogens is 246 g/mol. The summed E-state index contributed by atoms with van der Waals surface area (Å²) in [5.74, 6) is 0. The molecule has 78 valence electrons. The number of thioether (sulfide) groups is 2. The van der Waals surface area contributed by atoms with Crippen LogP contribution in [-0.4, -0.2) is 20.3 Å². The van der Waals surface area contributed by atoms with Crippen molar-refractivity contribution in [2.75, 3.05) is 5.08 Å². The van der Waals surface area contributed by atoms with Crippen LogP contribution in [0, 0.1) is 6.92 Å². The summed E-state index contributed by atoms with van der Waals surface area (Å²) >= 11 is 5.05. The molecular formula is C9H9N3S3. The van der Waals surface area contributed by atoms with Gasteiger partial charge in [0, 0.05) is 6.20 Å². The highest BCUT2D eigenvalue weighted by molar-refractivity contribution is 8.16.